The summed E-state index contributed by atoms with van der Waals surface area (Å²) >= 11 is 0. The van der Waals surface area contributed by atoms with E-state index in [0.717, 1.165) is 35.1 Å². The lowest BCUT2D eigenvalue weighted by Gasteiger charge is -2.22. The zero-order valence-corrected chi connectivity index (χ0v) is 16.9. The van der Waals surface area contributed by atoms with E-state index in [-0.39, 0.29) is 0 Å². The summed E-state index contributed by atoms with van der Waals surface area (Å²) in [6, 6.07) is 18.7. The highest BCUT2D eigenvalue weighted by Crippen LogP contribution is 2.23. The lowest BCUT2D eigenvalue weighted by atomic mass is 10.0. The molecule has 0 aliphatic heterocycles. The Labute approximate surface area is 170 Å². The molecule has 2 amide bonds. The van der Waals surface area contributed by atoms with E-state index < -0.39 is 12.0 Å². The summed E-state index contributed by atoms with van der Waals surface area (Å²) in [6.07, 6.45) is -0.753. The number of amides is 2. The SMILES string of the molecule is CCN(CC)c1ccc(NC(=O)ONC(=O)c2cccc3ccccc23)c(C)c1. The number of anilines is 2. The van der Waals surface area contributed by atoms with Crippen molar-refractivity contribution in [1.82, 2.24) is 5.48 Å². The minimum absolute atomic E-state index is 0.440. The minimum atomic E-state index is -0.753. The zero-order valence-electron chi connectivity index (χ0n) is 16.9. The summed E-state index contributed by atoms with van der Waals surface area (Å²) < 4.78 is 0. The van der Waals surface area contributed by atoms with Crippen LogP contribution in [-0.2, 0) is 4.84 Å². The van der Waals surface area contributed by atoms with Crippen LogP contribution in [0.3, 0.4) is 0 Å². The van der Waals surface area contributed by atoms with Crippen molar-refractivity contribution in [2.45, 2.75) is 20.8 Å². The number of fused-ring (bicyclic) bond motifs is 1. The molecule has 3 rings (SSSR count). The maximum Gasteiger partial charge on any atom is 0.436 e. The van der Waals surface area contributed by atoms with Crippen molar-refractivity contribution in [3.63, 3.8) is 0 Å². The van der Waals surface area contributed by atoms with Gasteiger partial charge in [-0.05, 0) is 61.4 Å². The van der Waals surface area contributed by atoms with Gasteiger partial charge in [0.05, 0.1) is 5.56 Å². The highest BCUT2D eigenvalue weighted by molar-refractivity contribution is 6.07. The van der Waals surface area contributed by atoms with Crippen LogP contribution in [0, 0.1) is 6.92 Å². The molecule has 0 bridgehead atoms. The summed E-state index contributed by atoms with van der Waals surface area (Å²) in [5, 5.41) is 4.39. The van der Waals surface area contributed by atoms with Crippen LogP contribution in [0.25, 0.3) is 10.8 Å². The van der Waals surface area contributed by atoms with Crippen LogP contribution in [0.5, 0.6) is 0 Å². The summed E-state index contributed by atoms with van der Waals surface area (Å²) in [7, 11) is 0. The molecule has 0 aliphatic rings. The predicted octanol–water partition coefficient (Wildman–Crippen LogP) is 4.89. The molecule has 3 aromatic rings. The maximum absolute atomic E-state index is 12.4. The fourth-order valence-corrected chi connectivity index (χ4v) is 3.28. The first kappa shape index (κ1) is 20.2. The largest absolute Gasteiger partial charge is 0.436 e. The van der Waals surface area contributed by atoms with E-state index >= 15 is 0 Å². The van der Waals surface area contributed by atoms with Gasteiger partial charge >= 0.3 is 6.09 Å². The second-order valence-electron chi connectivity index (χ2n) is 6.64. The van der Waals surface area contributed by atoms with Crippen molar-refractivity contribution in [3.8, 4) is 0 Å². The Kier molecular flexibility index (Phi) is 6.34. The van der Waals surface area contributed by atoms with Gasteiger partial charge in [0.2, 0.25) is 0 Å². The van der Waals surface area contributed by atoms with Crippen LogP contribution in [0.2, 0.25) is 0 Å². The predicted molar refractivity (Wildman–Crippen MR) is 116 cm³/mol. The topological polar surface area (TPSA) is 70.7 Å². The number of rotatable bonds is 5. The van der Waals surface area contributed by atoms with Gasteiger partial charge in [0.25, 0.3) is 5.91 Å². The summed E-state index contributed by atoms with van der Waals surface area (Å²) in [6.45, 7) is 7.93. The van der Waals surface area contributed by atoms with Crippen molar-refractivity contribution < 1.29 is 14.4 Å². The van der Waals surface area contributed by atoms with Crippen LogP contribution in [0.4, 0.5) is 16.2 Å². The lowest BCUT2D eigenvalue weighted by Crippen LogP contribution is -2.30. The van der Waals surface area contributed by atoms with Gasteiger partial charge in [-0.2, -0.15) is 5.48 Å². The van der Waals surface area contributed by atoms with E-state index in [2.05, 4.69) is 29.5 Å². The van der Waals surface area contributed by atoms with Crippen molar-refractivity contribution in [3.05, 3.63) is 71.8 Å². The smallest absolute Gasteiger partial charge is 0.372 e. The molecule has 0 atom stereocenters. The Hall–Kier alpha value is -3.54. The number of carbonyl (C=O) groups excluding carboxylic acids is 2. The van der Waals surface area contributed by atoms with E-state index in [9.17, 15) is 9.59 Å². The molecular weight excluding hydrogens is 366 g/mol. The van der Waals surface area contributed by atoms with E-state index in [1.165, 1.54) is 0 Å². The van der Waals surface area contributed by atoms with Gasteiger partial charge in [-0.3, -0.25) is 10.1 Å². The highest BCUT2D eigenvalue weighted by Gasteiger charge is 2.13. The Morgan fingerprint density at radius 1 is 0.966 bits per heavy atom. The van der Waals surface area contributed by atoms with Gasteiger partial charge in [-0.1, -0.05) is 36.4 Å². The molecule has 0 unspecified atom stereocenters. The number of hydrogen-bond donors (Lipinski definition) is 2. The Morgan fingerprint density at radius 3 is 2.41 bits per heavy atom. The van der Waals surface area contributed by atoms with Gasteiger partial charge in [-0.15, -0.1) is 0 Å². The minimum Gasteiger partial charge on any atom is -0.372 e. The van der Waals surface area contributed by atoms with Gasteiger partial charge in [-0.25, -0.2) is 4.79 Å². The lowest BCUT2D eigenvalue weighted by molar-refractivity contribution is 0.0616. The molecule has 150 valence electrons. The fraction of sp³-hybridized carbons (Fsp3) is 0.217. The molecule has 6 heteroatoms. The van der Waals surface area contributed by atoms with Crippen LogP contribution in [-0.4, -0.2) is 25.1 Å². The Bertz CT molecular complexity index is 1020. The first-order chi connectivity index (χ1) is 14.0. The summed E-state index contributed by atoms with van der Waals surface area (Å²) in [4.78, 5) is 31.7. The van der Waals surface area contributed by atoms with Crippen LogP contribution < -0.4 is 15.7 Å². The van der Waals surface area contributed by atoms with Crippen molar-refractivity contribution >= 4 is 34.1 Å². The Balaban J connectivity index is 1.63. The first-order valence-corrected chi connectivity index (χ1v) is 9.65. The van der Waals surface area contributed by atoms with Crippen LogP contribution in [0.15, 0.2) is 60.7 Å². The molecule has 29 heavy (non-hydrogen) atoms. The van der Waals surface area contributed by atoms with Gasteiger partial charge in [0.1, 0.15) is 0 Å². The Morgan fingerprint density at radius 2 is 1.69 bits per heavy atom. The number of carbonyl (C=O) groups is 2. The number of nitrogens with one attached hydrogen (secondary N) is 2. The molecule has 6 nitrogen and oxygen atoms in total. The van der Waals surface area contributed by atoms with Gasteiger partial charge in [0, 0.05) is 24.5 Å². The molecule has 0 spiro atoms. The van der Waals surface area contributed by atoms with E-state index in [1.807, 2.05) is 55.5 Å². The quantitative estimate of drug-likeness (QED) is 0.608. The normalized spacial score (nSPS) is 10.4. The third-order valence-corrected chi connectivity index (χ3v) is 4.85. The van der Waals surface area contributed by atoms with Gasteiger partial charge < -0.3 is 9.74 Å². The third kappa shape index (κ3) is 4.66. The third-order valence-electron chi connectivity index (χ3n) is 4.85. The standard InChI is InChI=1S/C23H25N3O3/c1-4-26(5-2)18-13-14-21(16(3)15-18)24-23(28)29-25-22(27)20-12-8-10-17-9-6-7-11-19(17)20/h6-15H,4-5H2,1-3H3,(H,24,28)(H,25,27). The average molecular weight is 391 g/mol. The molecule has 0 heterocycles. The van der Waals surface area contributed by atoms with E-state index in [1.54, 1.807) is 12.1 Å². The van der Waals surface area contributed by atoms with Crippen molar-refractivity contribution in [2.75, 3.05) is 23.3 Å². The van der Waals surface area contributed by atoms with E-state index in [0.29, 0.717) is 11.3 Å². The van der Waals surface area contributed by atoms with E-state index in [4.69, 9.17) is 4.84 Å². The first-order valence-electron chi connectivity index (χ1n) is 9.65. The molecule has 0 saturated heterocycles. The van der Waals surface area contributed by atoms with Crippen molar-refractivity contribution in [2.24, 2.45) is 0 Å². The molecule has 3 aromatic carbocycles. The molecule has 0 aromatic heterocycles. The molecule has 0 saturated carbocycles. The molecule has 2 N–H and O–H groups in total. The van der Waals surface area contributed by atoms with Crippen LogP contribution >= 0.6 is 0 Å². The maximum atomic E-state index is 12.4. The molecular formula is C23H25N3O3. The number of benzene rings is 3. The second-order valence-corrected chi connectivity index (χ2v) is 6.64. The average Bonchev–Trinajstić information content (AvgIpc) is 2.74. The fourth-order valence-electron chi connectivity index (χ4n) is 3.28. The van der Waals surface area contributed by atoms with Crippen molar-refractivity contribution in [1.29, 1.82) is 0 Å². The highest BCUT2D eigenvalue weighted by atomic mass is 16.7. The summed E-state index contributed by atoms with van der Waals surface area (Å²) in [5.74, 6) is -0.481. The second kappa shape index (κ2) is 9.10. The molecule has 0 aliphatic carbocycles. The summed E-state index contributed by atoms with van der Waals surface area (Å²) in [5.41, 5.74) is 5.29. The number of hydrogen-bond acceptors (Lipinski definition) is 4. The number of aryl methyl sites for hydroxylation is 1. The van der Waals surface area contributed by atoms with Gasteiger partial charge in [0.15, 0.2) is 0 Å². The monoisotopic (exact) mass is 391 g/mol. The number of hydroxylamine groups is 1. The van der Waals surface area contributed by atoms with Crippen LogP contribution in [0.1, 0.15) is 29.8 Å². The number of nitrogens with zero attached hydrogens (tertiary/aromatic N) is 1. The zero-order chi connectivity index (χ0) is 20.8. The molecule has 0 fully saturated rings. The molecule has 0 radical (unpaired) electrons.